The van der Waals surface area contributed by atoms with Crippen LogP contribution >= 0.6 is 39.1 Å². The third-order valence-electron chi connectivity index (χ3n) is 5.91. The van der Waals surface area contributed by atoms with Crippen LogP contribution in [0.1, 0.15) is 16.7 Å². The average Bonchev–Trinajstić information content (AvgIpc) is 2.96. The number of hydrazone groups is 1. The molecular formula is C30H26BrCl2N3O5S. The summed E-state index contributed by atoms with van der Waals surface area (Å²) in [5.74, 6) is 0.286. The second-order valence-corrected chi connectivity index (χ2v) is 12.6. The van der Waals surface area contributed by atoms with E-state index in [0.29, 0.717) is 28.1 Å². The maximum absolute atomic E-state index is 13.5. The number of rotatable bonds is 11. The number of nitrogens with zero attached hydrogens (tertiary/aromatic N) is 2. The van der Waals surface area contributed by atoms with Crippen LogP contribution < -0.4 is 19.2 Å². The monoisotopic (exact) mass is 689 g/mol. The van der Waals surface area contributed by atoms with E-state index in [1.54, 1.807) is 30.3 Å². The third kappa shape index (κ3) is 8.04. The number of carbonyl (C=O) groups is 1. The molecule has 4 rings (SSSR count). The van der Waals surface area contributed by atoms with Crippen molar-refractivity contribution in [1.29, 1.82) is 0 Å². The van der Waals surface area contributed by atoms with Crippen LogP contribution in [0, 0.1) is 6.92 Å². The first-order valence-electron chi connectivity index (χ1n) is 12.5. The smallest absolute Gasteiger partial charge is 0.264 e. The molecular weight excluding hydrogens is 665 g/mol. The van der Waals surface area contributed by atoms with Crippen molar-refractivity contribution in [3.63, 3.8) is 0 Å². The number of nitrogens with one attached hydrogen (secondary N) is 1. The lowest BCUT2D eigenvalue weighted by atomic mass is 10.2. The summed E-state index contributed by atoms with van der Waals surface area (Å²) in [6.07, 6.45) is 1.40. The molecule has 0 aromatic heterocycles. The van der Waals surface area contributed by atoms with Crippen molar-refractivity contribution in [1.82, 2.24) is 5.43 Å². The number of carbonyl (C=O) groups excluding carboxylic acids is 1. The molecule has 0 unspecified atom stereocenters. The first-order chi connectivity index (χ1) is 20.1. The molecule has 0 aliphatic rings. The third-order valence-corrected chi connectivity index (χ3v) is 8.73. The molecule has 8 nitrogen and oxygen atoms in total. The number of hydrogen-bond acceptors (Lipinski definition) is 6. The number of ether oxygens (including phenoxy) is 2. The summed E-state index contributed by atoms with van der Waals surface area (Å²) in [4.78, 5) is 12.9. The predicted octanol–water partition coefficient (Wildman–Crippen LogP) is 7.00. The number of anilines is 1. The number of hydrogen-bond donors (Lipinski definition) is 1. The summed E-state index contributed by atoms with van der Waals surface area (Å²) in [5, 5.41) is 4.45. The fourth-order valence-electron chi connectivity index (χ4n) is 3.86. The van der Waals surface area contributed by atoms with Gasteiger partial charge in [-0.1, -0.05) is 71.2 Å². The van der Waals surface area contributed by atoms with Crippen LogP contribution in [-0.2, 0) is 21.4 Å². The van der Waals surface area contributed by atoms with E-state index in [2.05, 4.69) is 26.5 Å². The number of benzene rings is 4. The molecule has 0 saturated carbocycles. The first-order valence-corrected chi connectivity index (χ1v) is 15.5. The zero-order valence-corrected chi connectivity index (χ0v) is 26.5. The molecule has 0 atom stereocenters. The number of methoxy groups -OCH3 is 1. The molecule has 0 spiro atoms. The van der Waals surface area contributed by atoms with E-state index in [-0.39, 0.29) is 20.6 Å². The van der Waals surface area contributed by atoms with Crippen molar-refractivity contribution < 1.29 is 22.7 Å². The SMILES string of the molecule is COc1cc(/C=N\NC(=O)CN(c2cc(Cl)cc(Cl)c2)S(=O)(=O)c2ccccc2)cc(Br)c1OCc1ccc(C)cc1. The lowest BCUT2D eigenvalue weighted by Gasteiger charge is -2.24. The van der Waals surface area contributed by atoms with Crippen molar-refractivity contribution in [2.45, 2.75) is 18.4 Å². The van der Waals surface area contributed by atoms with Crippen LogP contribution in [0.3, 0.4) is 0 Å². The molecule has 0 bridgehead atoms. The van der Waals surface area contributed by atoms with Gasteiger partial charge in [0.15, 0.2) is 11.5 Å². The van der Waals surface area contributed by atoms with Crippen LogP contribution in [-0.4, -0.2) is 34.2 Å². The van der Waals surface area contributed by atoms with Crippen LogP contribution in [0.15, 0.2) is 99.4 Å². The number of sulfonamides is 1. The van der Waals surface area contributed by atoms with Crippen LogP contribution in [0.5, 0.6) is 11.5 Å². The quantitative estimate of drug-likeness (QED) is 0.135. The molecule has 4 aromatic rings. The van der Waals surface area contributed by atoms with Gasteiger partial charge in [-0.05, 0) is 76.4 Å². The summed E-state index contributed by atoms with van der Waals surface area (Å²) in [5.41, 5.74) is 5.27. The molecule has 0 fully saturated rings. The Labute approximate surface area is 263 Å². The van der Waals surface area contributed by atoms with Gasteiger partial charge in [0, 0.05) is 10.0 Å². The van der Waals surface area contributed by atoms with Gasteiger partial charge in [0.2, 0.25) is 0 Å². The fraction of sp³-hybridized carbons (Fsp3) is 0.133. The minimum absolute atomic E-state index is 0.000897. The summed E-state index contributed by atoms with van der Waals surface area (Å²) in [6, 6.07) is 23.5. The molecule has 12 heteroatoms. The van der Waals surface area contributed by atoms with Gasteiger partial charge in [0.1, 0.15) is 13.2 Å². The zero-order chi connectivity index (χ0) is 30.3. The lowest BCUT2D eigenvalue weighted by molar-refractivity contribution is -0.119. The van der Waals surface area contributed by atoms with Crippen LogP contribution in [0.4, 0.5) is 5.69 Å². The van der Waals surface area contributed by atoms with Crippen molar-refractivity contribution in [3.8, 4) is 11.5 Å². The Hall–Kier alpha value is -3.57. The molecule has 42 heavy (non-hydrogen) atoms. The predicted molar refractivity (Wildman–Crippen MR) is 169 cm³/mol. The summed E-state index contributed by atoms with van der Waals surface area (Å²) in [7, 11) is -2.62. The Balaban J connectivity index is 1.49. The fourth-order valence-corrected chi connectivity index (χ4v) is 6.37. The maximum Gasteiger partial charge on any atom is 0.264 e. The van der Waals surface area contributed by atoms with E-state index in [9.17, 15) is 13.2 Å². The first kappa shape index (κ1) is 31.4. The topological polar surface area (TPSA) is 97.3 Å². The molecule has 1 amide bonds. The average molecular weight is 691 g/mol. The van der Waals surface area contributed by atoms with Gasteiger partial charge in [-0.3, -0.25) is 9.10 Å². The lowest BCUT2D eigenvalue weighted by Crippen LogP contribution is -2.39. The summed E-state index contributed by atoms with van der Waals surface area (Å²) in [6.45, 7) is 1.79. The molecule has 218 valence electrons. The molecule has 0 aliphatic carbocycles. The Bertz CT molecular complexity index is 1680. The van der Waals surface area contributed by atoms with Crippen molar-refractivity contribution in [3.05, 3.63) is 116 Å². The molecule has 0 aliphatic heterocycles. The minimum Gasteiger partial charge on any atom is -0.493 e. The van der Waals surface area contributed by atoms with Crippen LogP contribution in [0.25, 0.3) is 0 Å². The van der Waals surface area contributed by atoms with E-state index in [0.717, 1.165) is 15.4 Å². The second-order valence-electron chi connectivity index (χ2n) is 9.05. The van der Waals surface area contributed by atoms with Gasteiger partial charge in [-0.15, -0.1) is 0 Å². The van der Waals surface area contributed by atoms with E-state index < -0.39 is 22.5 Å². The van der Waals surface area contributed by atoms with Gasteiger partial charge in [0.25, 0.3) is 15.9 Å². The van der Waals surface area contributed by atoms with E-state index in [4.69, 9.17) is 32.7 Å². The summed E-state index contributed by atoms with van der Waals surface area (Å²) < 4.78 is 40.0. The van der Waals surface area contributed by atoms with Gasteiger partial charge in [0.05, 0.1) is 28.4 Å². The van der Waals surface area contributed by atoms with Gasteiger partial charge < -0.3 is 9.47 Å². The number of aryl methyl sites for hydroxylation is 1. The van der Waals surface area contributed by atoms with Gasteiger partial charge in [-0.25, -0.2) is 13.8 Å². The standard InChI is InChI=1S/C30H26BrCl2N3O5S/c1-20-8-10-21(11-9-20)19-41-30-27(31)12-22(13-28(30)40-2)17-34-35-29(37)18-36(25-15-23(32)14-24(33)16-25)42(38,39)26-6-4-3-5-7-26/h3-17H,18-19H2,1-2H3,(H,35,37)/b34-17-. The maximum atomic E-state index is 13.5. The number of amides is 1. The Morgan fingerprint density at radius 1 is 1.00 bits per heavy atom. The zero-order valence-electron chi connectivity index (χ0n) is 22.6. The normalized spacial score (nSPS) is 11.4. The highest BCUT2D eigenvalue weighted by molar-refractivity contribution is 9.10. The Morgan fingerprint density at radius 2 is 1.67 bits per heavy atom. The molecule has 4 aromatic carbocycles. The molecule has 0 heterocycles. The van der Waals surface area contributed by atoms with Crippen molar-refractivity contribution in [2.75, 3.05) is 18.0 Å². The highest BCUT2D eigenvalue weighted by Crippen LogP contribution is 2.37. The van der Waals surface area contributed by atoms with Gasteiger partial charge in [-0.2, -0.15) is 5.10 Å². The van der Waals surface area contributed by atoms with Crippen molar-refractivity contribution >= 4 is 67.0 Å². The highest BCUT2D eigenvalue weighted by atomic mass is 79.9. The summed E-state index contributed by atoms with van der Waals surface area (Å²) >= 11 is 15.8. The van der Waals surface area contributed by atoms with E-state index >= 15 is 0 Å². The van der Waals surface area contributed by atoms with Crippen molar-refractivity contribution in [2.24, 2.45) is 5.10 Å². The molecule has 1 N–H and O–H groups in total. The minimum atomic E-state index is -4.14. The van der Waals surface area contributed by atoms with Crippen LogP contribution in [0.2, 0.25) is 10.0 Å². The van der Waals surface area contributed by atoms with Gasteiger partial charge >= 0.3 is 0 Å². The van der Waals surface area contributed by atoms with E-state index in [1.165, 1.54) is 43.7 Å². The number of halogens is 3. The van der Waals surface area contributed by atoms with E-state index in [1.807, 2.05) is 31.2 Å². The molecule has 0 saturated heterocycles. The highest BCUT2D eigenvalue weighted by Gasteiger charge is 2.27. The Kier molecular flexibility index (Phi) is 10.5. The Morgan fingerprint density at radius 3 is 2.31 bits per heavy atom. The largest absolute Gasteiger partial charge is 0.493 e. The second kappa shape index (κ2) is 14.1. The molecule has 0 radical (unpaired) electrons.